The van der Waals surface area contributed by atoms with Gasteiger partial charge < -0.3 is 9.84 Å². The molecule has 0 spiro atoms. The number of nitriles is 1. The van der Waals surface area contributed by atoms with E-state index in [2.05, 4.69) is 11.0 Å². The van der Waals surface area contributed by atoms with Crippen LogP contribution in [0.5, 0.6) is 5.75 Å². The number of aliphatic carboxylic acids is 1. The van der Waals surface area contributed by atoms with Crippen LogP contribution in [0, 0.1) is 17.2 Å². The fraction of sp³-hybridized carbons (Fsp3) is 0.417. The van der Waals surface area contributed by atoms with Crippen LogP contribution in [-0.2, 0) is 17.9 Å². The summed E-state index contributed by atoms with van der Waals surface area (Å²) in [6.07, 6.45) is 5.42. The first-order valence-electron chi connectivity index (χ1n) is 10.3. The van der Waals surface area contributed by atoms with Crippen molar-refractivity contribution in [3.63, 3.8) is 0 Å². The second kappa shape index (κ2) is 8.67. The number of fused-ring (bicyclic) bond motifs is 1. The minimum atomic E-state index is -0.704. The Bertz CT molecular complexity index is 920. The molecule has 5 heteroatoms. The maximum absolute atomic E-state index is 11.8. The molecule has 1 saturated heterocycles. The predicted octanol–water partition coefficient (Wildman–Crippen LogP) is 4.35. The largest absolute Gasteiger partial charge is 0.489 e. The molecule has 1 aliphatic heterocycles. The number of hydrogen-bond acceptors (Lipinski definition) is 4. The highest BCUT2D eigenvalue weighted by Crippen LogP contribution is 2.40. The first kappa shape index (κ1) is 19.5. The Balaban J connectivity index is 1.45. The lowest BCUT2D eigenvalue weighted by Crippen LogP contribution is -2.41. The van der Waals surface area contributed by atoms with Gasteiger partial charge >= 0.3 is 5.97 Å². The standard InChI is InChI=1S/C24H26N2O3/c25-14-17-5-3-7-19(11-17)16-29-21-9-4-6-18(12-21)15-26-22-10-2-1-8-20(22)13-23(26)24(27)28/h3-7,9,11-12,20,22-23H,1-2,8,10,13,15-16H2,(H,27,28). The van der Waals surface area contributed by atoms with Gasteiger partial charge in [-0.3, -0.25) is 9.69 Å². The van der Waals surface area contributed by atoms with Gasteiger partial charge in [-0.05, 0) is 60.6 Å². The summed E-state index contributed by atoms with van der Waals surface area (Å²) in [6.45, 7) is 1.03. The van der Waals surface area contributed by atoms with Gasteiger partial charge in [-0.15, -0.1) is 0 Å². The van der Waals surface area contributed by atoms with Crippen LogP contribution in [0.1, 0.15) is 48.8 Å². The molecule has 0 radical (unpaired) electrons. The van der Waals surface area contributed by atoms with Crippen LogP contribution in [0.25, 0.3) is 0 Å². The van der Waals surface area contributed by atoms with Gasteiger partial charge in [-0.2, -0.15) is 5.26 Å². The van der Waals surface area contributed by atoms with Gasteiger partial charge in [0.05, 0.1) is 11.6 Å². The van der Waals surface area contributed by atoms with Crippen LogP contribution in [0.4, 0.5) is 0 Å². The lowest BCUT2D eigenvalue weighted by molar-refractivity contribution is -0.142. The number of benzene rings is 2. The molecule has 3 atom stereocenters. The Kier molecular flexibility index (Phi) is 5.82. The minimum Gasteiger partial charge on any atom is -0.489 e. The maximum Gasteiger partial charge on any atom is 0.320 e. The molecule has 1 saturated carbocycles. The van der Waals surface area contributed by atoms with E-state index in [-0.39, 0.29) is 6.04 Å². The third-order valence-corrected chi connectivity index (χ3v) is 6.23. The zero-order valence-corrected chi connectivity index (χ0v) is 16.5. The van der Waals surface area contributed by atoms with Crippen molar-refractivity contribution in [3.8, 4) is 11.8 Å². The second-order valence-corrected chi connectivity index (χ2v) is 8.12. The van der Waals surface area contributed by atoms with Crippen LogP contribution in [0.15, 0.2) is 48.5 Å². The second-order valence-electron chi connectivity index (χ2n) is 8.12. The van der Waals surface area contributed by atoms with Gasteiger partial charge in [0.1, 0.15) is 18.4 Å². The molecular weight excluding hydrogens is 364 g/mol. The van der Waals surface area contributed by atoms with E-state index >= 15 is 0 Å². The lowest BCUT2D eigenvalue weighted by atomic mass is 9.84. The van der Waals surface area contributed by atoms with Crippen molar-refractivity contribution >= 4 is 5.97 Å². The summed E-state index contributed by atoms with van der Waals surface area (Å²) in [4.78, 5) is 14.0. The number of carbonyl (C=O) groups is 1. The SMILES string of the molecule is N#Cc1cccc(COc2cccc(CN3C(C(=O)O)CC4CCCCC43)c2)c1. The summed E-state index contributed by atoms with van der Waals surface area (Å²) in [5.74, 6) is 0.567. The molecule has 3 unspecified atom stereocenters. The Morgan fingerprint density at radius 1 is 1.14 bits per heavy atom. The quantitative estimate of drug-likeness (QED) is 0.793. The summed E-state index contributed by atoms with van der Waals surface area (Å²) in [7, 11) is 0. The third-order valence-electron chi connectivity index (χ3n) is 6.23. The number of carboxylic acids is 1. The molecular formula is C24H26N2O3. The van der Waals surface area contributed by atoms with E-state index < -0.39 is 5.97 Å². The molecule has 0 amide bonds. The third kappa shape index (κ3) is 4.44. The smallest absolute Gasteiger partial charge is 0.320 e. The van der Waals surface area contributed by atoms with E-state index in [0.29, 0.717) is 30.7 Å². The molecule has 0 bridgehead atoms. The Labute approximate surface area is 171 Å². The Hall–Kier alpha value is -2.84. The molecule has 1 heterocycles. The number of rotatable bonds is 6. The van der Waals surface area contributed by atoms with Crippen LogP contribution in [0.2, 0.25) is 0 Å². The highest BCUT2D eigenvalue weighted by atomic mass is 16.5. The van der Waals surface area contributed by atoms with Crippen molar-refractivity contribution in [2.24, 2.45) is 5.92 Å². The average Bonchev–Trinajstić information content (AvgIpc) is 3.11. The van der Waals surface area contributed by atoms with Gasteiger partial charge in [0.15, 0.2) is 0 Å². The summed E-state index contributed by atoms with van der Waals surface area (Å²) in [5.41, 5.74) is 2.64. The topological polar surface area (TPSA) is 73.6 Å². The van der Waals surface area contributed by atoms with Gasteiger partial charge in [0.25, 0.3) is 0 Å². The molecule has 5 nitrogen and oxygen atoms in total. The van der Waals surface area contributed by atoms with Crippen molar-refractivity contribution in [1.29, 1.82) is 5.26 Å². The van der Waals surface area contributed by atoms with E-state index in [4.69, 9.17) is 10.00 Å². The summed E-state index contributed by atoms with van der Waals surface area (Å²) in [6, 6.07) is 17.4. The molecule has 2 aliphatic rings. The number of likely N-dealkylation sites (tertiary alicyclic amines) is 1. The van der Waals surface area contributed by atoms with Crippen LogP contribution >= 0.6 is 0 Å². The summed E-state index contributed by atoms with van der Waals surface area (Å²) >= 11 is 0. The van der Waals surface area contributed by atoms with E-state index in [9.17, 15) is 9.90 Å². The molecule has 1 aliphatic carbocycles. The normalized spacial score (nSPS) is 23.9. The van der Waals surface area contributed by atoms with E-state index in [1.54, 1.807) is 6.07 Å². The molecule has 2 aromatic rings. The zero-order valence-electron chi connectivity index (χ0n) is 16.5. The summed E-state index contributed by atoms with van der Waals surface area (Å²) in [5, 5.41) is 18.8. The van der Waals surface area contributed by atoms with E-state index in [1.807, 2.05) is 42.5 Å². The highest BCUT2D eigenvalue weighted by Gasteiger charge is 2.44. The number of hydrogen-bond donors (Lipinski definition) is 1. The lowest BCUT2D eigenvalue weighted by Gasteiger charge is -2.33. The van der Waals surface area contributed by atoms with Crippen molar-refractivity contribution in [2.45, 2.75) is 57.3 Å². The highest BCUT2D eigenvalue weighted by molar-refractivity contribution is 5.74. The number of nitrogens with zero attached hydrogens (tertiary/aromatic N) is 2. The van der Waals surface area contributed by atoms with Crippen molar-refractivity contribution < 1.29 is 14.6 Å². The van der Waals surface area contributed by atoms with Crippen LogP contribution in [0.3, 0.4) is 0 Å². The zero-order chi connectivity index (χ0) is 20.2. The van der Waals surface area contributed by atoms with Gasteiger partial charge in [-0.25, -0.2) is 0 Å². The van der Waals surface area contributed by atoms with Gasteiger partial charge in [0, 0.05) is 12.6 Å². The van der Waals surface area contributed by atoms with Crippen LogP contribution < -0.4 is 4.74 Å². The molecule has 4 rings (SSSR count). The van der Waals surface area contributed by atoms with Gasteiger partial charge in [-0.1, -0.05) is 37.1 Å². The molecule has 150 valence electrons. The maximum atomic E-state index is 11.8. The molecule has 2 fully saturated rings. The minimum absolute atomic E-state index is 0.378. The van der Waals surface area contributed by atoms with Crippen molar-refractivity contribution in [3.05, 3.63) is 65.2 Å². The first-order valence-corrected chi connectivity index (χ1v) is 10.3. The monoisotopic (exact) mass is 390 g/mol. The Morgan fingerprint density at radius 3 is 2.76 bits per heavy atom. The Morgan fingerprint density at radius 2 is 1.93 bits per heavy atom. The fourth-order valence-corrected chi connectivity index (χ4v) is 4.86. The van der Waals surface area contributed by atoms with E-state index in [0.717, 1.165) is 36.1 Å². The predicted molar refractivity (Wildman–Crippen MR) is 109 cm³/mol. The summed E-state index contributed by atoms with van der Waals surface area (Å²) < 4.78 is 5.93. The molecule has 29 heavy (non-hydrogen) atoms. The molecule has 2 aromatic carbocycles. The number of ether oxygens (including phenoxy) is 1. The number of carboxylic acid groups (broad SMARTS) is 1. The van der Waals surface area contributed by atoms with Crippen molar-refractivity contribution in [1.82, 2.24) is 4.90 Å². The fourth-order valence-electron chi connectivity index (χ4n) is 4.86. The van der Waals surface area contributed by atoms with E-state index in [1.165, 1.54) is 12.8 Å². The van der Waals surface area contributed by atoms with Crippen LogP contribution in [-0.4, -0.2) is 28.1 Å². The average molecular weight is 390 g/mol. The van der Waals surface area contributed by atoms with Crippen molar-refractivity contribution in [2.75, 3.05) is 0 Å². The molecule has 1 N–H and O–H groups in total. The first-order chi connectivity index (χ1) is 14.1. The molecule has 0 aromatic heterocycles. The van der Waals surface area contributed by atoms with Gasteiger partial charge in [0.2, 0.25) is 0 Å².